The zero-order valence-electron chi connectivity index (χ0n) is 17.4. The van der Waals surface area contributed by atoms with Crippen LogP contribution < -0.4 is 9.46 Å². The molecule has 0 saturated carbocycles. The Morgan fingerprint density at radius 1 is 1.21 bits per heavy atom. The van der Waals surface area contributed by atoms with Crippen LogP contribution in [0.5, 0.6) is 5.75 Å². The van der Waals surface area contributed by atoms with Crippen LogP contribution in [0.3, 0.4) is 0 Å². The molecule has 0 aliphatic carbocycles. The van der Waals surface area contributed by atoms with Gasteiger partial charge in [-0.2, -0.15) is 0 Å². The predicted octanol–water partition coefficient (Wildman–Crippen LogP) is 1.49. The van der Waals surface area contributed by atoms with E-state index in [2.05, 4.69) is 16.5 Å². The van der Waals surface area contributed by atoms with Crippen LogP contribution in [-0.4, -0.2) is 83.4 Å². The first-order valence-electron chi connectivity index (χ1n) is 9.25. The molecule has 8 nitrogen and oxygen atoms in total. The molecule has 1 heterocycles. The Labute approximate surface area is 167 Å². The number of methoxy groups -OCH3 is 1. The van der Waals surface area contributed by atoms with Crippen molar-refractivity contribution in [1.29, 1.82) is 0 Å². The number of rotatable bonds is 3. The van der Waals surface area contributed by atoms with E-state index in [0.29, 0.717) is 30.2 Å². The van der Waals surface area contributed by atoms with E-state index < -0.39 is 10.0 Å². The fraction of sp³-hybridized carbons (Fsp3) is 0.632. The lowest BCUT2D eigenvalue weighted by molar-refractivity contribution is 0.0150. The monoisotopic (exact) mass is 413 g/mol. The second-order valence-corrected chi connectivity index (χ2v) is 9.37. The van der Waals surface area contributed by atoms with E-state index in [1.54, 1.807) is 37.3 Å². The summed E-state index contributed by atoms with van der Waals surface area (Å²) in [7, 11) is 1.99. The van der Waals surface area contributed by atoms with Crippen molar-refractivity contribution < 1.29 is 22.7 Å². The summed E-state index contributed by atoms with van der Waals surface area (Å²) in [5.74, 6) is 0.387. The maximum Gasteiger partial charge on any atom is 0.257 e. The molecule has 1 N–H and O–H groups in total. The van der Waals surface area contributed by atoms with Gasteiger partial charge in [-0.3, -0.25) is 14.4 Å². The van der Waals surface area contributed by atoms with Gasteiger partial charge in [-0.15, -0.1) is 0 Å². The molecule has 1 aromatic carbocycles. The number of likely N-dealkylation sites (N-methyl/N-ethyl adjacent to an activating group) is 2. The van der Waals surface area contributed by atoms with Gasteiger partial charge in [0.2, 0.25) is 10.0 Å². The number of sulfonamides is 1. The first kappa shape index (κ1) is 22.4. The minimum Gasteiger partial charge on any atom is -0.491 e. The van der Waals surface area contributed by atoms with Crippen molar-refractivity contribution in [3.8, 4) is 5.75 Å². The van der Waals surface area contributed by atoms with Crippen LogP contribution in [0.1, 0.15) is 24.2 Å². The summed E-state index contributed by atoms with van der Waals surface area (Å²) < 4.78 is 37.1. The number of fused-ring (bicyclic) bond motifs is 1. The molecule has 0 bridgehead atoms. The van der Waals surface area contributed by atoms with E-state index in [-0.39, 0.29) is 24.0 Å². The molecule has 0 aromatic heterocycles. The lowest BCUT2D eigenvalue weighted by Crippen LogP contribution is -2.45. The number of amides is 1. The molecule has 0 fully saturated rings. The number of carbonyl (C=O) groups excluding carboxylic acids is 1. The summed E-state index contributed by atoms with van der Waals surface area (Å²) in [6.45, 7) is 5.77. The minimum absolute atomic E-state index is 0.0985. The quantitative estimate of drug-likeness (QED) is 0.808. The Morgan fingerprint density at radius 2 is 1.89 bits per heavy atom. The molecule has 9 heteroatoms. The third-order valence-corrected chi connectivity index (χ3v) is 5.67. The Kier molecular flexibility index (Phi) is 7.30. The molecule has 3 atom stereocenters. The van der Waals surface area contributed by atoms with Gasteiger partial charge in [-0.25, -0.2) is 8.42 Å². The molecule has 158 valence electrons. The number of nitrogens with zero attached hydrogens (tertiary/aromatic N) is 2. The highest BCUT2D eigenvalue weighted by Crippen LogP contribution is 2.27. The number of anilines is 1. The van der Waals surface area contributed by atoms with Gasteiger partial charge in [0.05, 0.1) is 23.6 Å². The number of hydrogen-bond acceptors (Lipinski definition) is 6. The molecule has 0 saturated heterocycles. The smallest absolute Gasteiger partial charge is 0.257 e. The highest BCUT2D eigenvalue weighted by molar-refractivity contribution is 7.92. The lowest BCUT2D eigenvalue weighted by atomic mass is 10.0. The van der Waals surface area contributed by atoms with Gasteiger partial charge >= 0.3 is 0 Å². The van der Waals surface area contributed by atoms with Gasteiger partial charge in [0.15, 0.2) is 0 Å². The van der Waals surface area contributed by atoms with Crippen molar-refractivity contribution in [3.63, 3.8) is 0 Å². The topological polar surface area (TPSA) is 88.2 Å². The molecule has 1 aliphatic rings. The molecular weight excluding hydrogens is 382 g/mol. The second kappa shape index (κ2) is 9.11. The Hall–Kier alpha value is -1.84. The normalized spacial score (nSPS) is 25.3. The predicted molar refractivity (Wildman–Crippen MR) is 109 cm³/mol. The van der Waals surface area contributed by atoms with Crippen molar-refractivity contribution >= 4 is 21.6 Å². The maximum atomic E-state index is 13.0. The number of benzene rings is 1. The summed E-state index contributed by atoms with van der Waals surface area (Å²) in [4.78, 5) is 16.8. The summed E-state index contributed by atoms with van der Waals surface area (Å²) in [5, 5.41) is 0. The van der Waals surface area contributed by atoms with Crippen LogP contribution in [0.2, 0.25) is 0 Å². The van der Waals surface area contributed by atoms with Crippen molar-refractivity contribution in [3.05, 3.63) is 23.8 Å². The first-order valence-corrected chi connectivity index (χ1v) is 11.1. The van der Waals surface area contributed by atoms with Crippen molar-refractivity contribution in [2.45, 2.75) is 26.0 Å². The SMILES string of the molecule is CO[C@H]1CN(C)C(=O)c2ccc(NS(C)(=O)=O)cc2OC[C@@H](C)N(C)C[C@@H]1C. The van der Waals surface area contributed by atoms with Gasteiger partial charge < -0.3 is 14.4 Å². The van der Waals surface area contributed by atoms with Crippen LogP contribution in [0, 0.1) is 5.92 Å². The van der Waals surface area contributed by atoms with E-state index in [0.717, 1.165) is 12.8 Å². The molecule has 1 amide bonds. The van der Waals surface area contributed by atoms with Crippen LogP contribution in [0.4, 0.5) is 5.69 Å². The van der Waals surface area contributed by atoms with E-state index in [1.165, 1.54) is 0 Å². The molecule has 1 aliphatic heterocycles. The van der Waals surface area contributed by atoms with Gasteiger partial charge in [-0.05, 0) is 32.0 Å². The van der Waals surface area contributed by atoms with E-state index >= 15 is 0 Å². The van der Waals surface area contributed by atoms with E-state index in [4.69, 9.17) is 9.47 Å². The second-order valence-electron chi connectivity index (χ2n) is 7.62. The van der Waals surface area contributed by atoms with Gasteiger partial charge in [-0.1, -0.05) is 6.92 Å². The van der Waals surface area contributed by atoms with Gasteiger partial charge in [0.25, 0.3) is 5.91 Å². The fourth-order valence-electron chi connectivity index (χ4n) is 3.23. The zero-order chi connectivity index (χ0) is 21.1. The standard InChI is InChI=1S/C19H31N3O5S/c1-13-10-21(3)14(2)12-27-17-9-15(20-28(6,24)25)7-8-16(17)19(23)22(4)11-18(13)26-5/h7-9,13-14,18,20H,10-12H2,1-6H3/t13-,14+,18-/m0/s1. The fourth-order valence-corrected chi connectivity index (χ4v) is 3.79. The van der Waals surface area contributed by atoms with Gasteiger partial charge in [0.1, 0.15) is 12.4 Å². The number of ether oxygens (including phenoxy) is 2. The first-order chi connectivity index (χ1) is 13.0. The molecule has 28 heavy (non-hydrogen) atoms. The van der Waals surface area contributed by atoms with Crippen LogP contribution >= 0.6 is 0 Å². The molecule has 0 unspecified atom stereocenters. The summed E-state index contributed by atoms with van der Waals surface area (Å²) in [6, 6.07) is 4.81. The molecule has 1 aromatic rings. The largest absolute Gasteiger partial charge is 0.491 e. The maximum absolute atomic E-state index is 13.0. The average molecular weight is 414 g/mol. The van der Waals surface area contributed by atoms with Crippen LogP contribution in [-0.2, 0) is 14.8 Å². The minimum atomic E-state index is -3.43. The summed E-state index contributed by atoms with van der Waals surface area (Å²) in [5.41, 5.74) is 0.743. The van der Waals surface area contributed by atoms with Crippen molar-refractivity contribution in [2.75, 3.05) is 51.9 Å². The highest BCUT2D eigenvalue weighted by atomic mass is 32.2. The Balaban J connectivity index is 2.42. The van der Waals surface area contributed by atoms with E-state index in [9.17, 15) is 13.2 Å². The summed E-state index contributed by atoms with van der Waals surface area (Å²) in [6.07, 6.45) is 0.980. The number of hydrogen-bond donors (Lipinski definition) is 1. The number of nitrogens with one attached hydrogen (secondary N) is 1. The van der Waals surface area contributed by atoms with Crippen LogP contribution in [0.25, 0.3) is 0 Å². The number of carbonyl (C=O) groups is 1. The van der Waals surface area contributed by atoms with Crippen molar-refractivity contribution in [1.82, 2.24) is 9.80 Å². The Morgan fingerprint density at radius 3 is 2.50 bits per heavy atom. The van der Waals surface area contributed by atoms with Crippen LogP contribution in [0.15, 0.2) is 18.2 Å². The molecular formula is C19H31N3O5S. The Bertz CT molecular complexity index is 799. The third kappa shape index (κ3) is 5.83. The van der Waals surface area contributed by atoms with E-state index in [1.807, 2.05) is 14.0 Å². The molecule has 0 radical (unpaired) electrons. The average Bonchev–Trinajstić information content (AvgIpc) is 2.61. The summed E-state index contributed by atoms with van der Waals surface area (Å²) >= 11 is 0. The van der Waals surface area contributed by atoms with Crippen molar-refractivity contribution in [2.24, 2.45) is 5.92 Å². The molecule has 2 rings (SSSR count). The van der Waals surface area contributed by atoms with Gasteiger partial charge in [0, 0.05) is 39.4 Å². The lowest BCUT2D eigenvalue weighted by Gasteiger charge is -2.34. The molecule has 0 spiro atoms. The highest BCUT2D eigenvalue weighted by Gasteiger charge is 2.27. The zero-order valence-corrected chi connectivity index (χ0v) is 18.2. The third-order valence-electron chi connectivity index (χ3n) is 5.06.